The monoisotopic (exact) mass is 250 g/mol. The van der Waals surface area contributed by atoms with Crippen molar-refractivity contribution in [1.82, 2.24) is 5.32 Å². The fourth-order valence-electron chi connectivity index (χ4n) is 2.25. The van der Waals surface area contributed by atoms with Crippen molar-refractivity contribution in [2.45, 2.75) is 31.8 Å². The number of nitrogens with zero attached hydrogens (tertiary/aromatic N) is 1. The molecule has 1 aliphatic carbocycles. The highest BCUT2D eigenvalue weighted by Gasteiger charge is 2.29. The molecule has 0 saturated heterocycles. The third kappa shape index (κ3) is 2.76. The van der Waals surface area contributed by atoms with Crippen LogP contribution in [-0.4, -0.2) is 36.5 Å². The maximum Gasteiger partial charge on any atom is 0.122 e. The second-order valence-electron chi connectivity index (χ2n) is 4.90. The third-order valence-electron chi connectivity index (χ3n) is 3.57. The predicted octanol–water partition coefficient (Wildman–Crippen LogP) is 1.63. The SMILES string of the molecule is CNC(C)c1ccc(N(CCO)C2CC2)cc1O. The fraction of sp³-hybridized carbons (Fsp3) is 0.571. The Kier molecular flexibility index (Phi) is 4.09. The highest BCUT2D eigenvalue weighted by molar-refractivity contribution is 5.55. The maximum absolute atomic E-state index is 10.1. The van der Waals surface area contributed by atoms with Gasteiger partial charge in [0, 0.05) is 35.9 Å². The summed E-state index contributed by atoms with van der Waals surface area (Å²) in [6, 6.07) is 6.45. The lowest BCUT2D eigenvalue weighted by molar-refractivity contribution is 0.301. The summed E-state index contributed by atoms with van der Waals surface area (Å²) >= 11 is 0. The molecule has 0 spiro atoms. The largest absolute Gasteiger partial charge is 0.508 e. The summed E-state index contributed by atoms with van der Waals surface area (Å²) in [6.45, 7) is 2.79. The summed E-state index contributed by atoms with van der Waals surface area (Å²) < 4.78 is 0. The molecule has 100 valence electrons. The summed E-state index contributed by atoms with van der Waals surface area (Å²) in [5.41, 5.74) is 1.90. The molecule has 1 aromatic rings. The molecular weight excluding hydrogens is 228 g/mol. The van der Waals surface area contributed by atoms with Gasteiger partial charge < -0.3 is 20.4 Å². The Hall–Kier alpha value is -1.26. The van der Waals surface area contributed by atoms with E-state index in [9.17, 15) is 5.11 Å². The molecular formula is C14H22N2O2. The van der Waals surface area contributed by atoms with E-state index in [1.54, 1.807) is 6.07 Å². The zero-order chi connectivity index (χ0) is 13.1. The van der Waals surface area contributed by atoms with Crippen molar-refractivity contribution in [3.63, 3.8) is 0 Å². The van der Waals surface area contributed by atoms with E-state index in [1.807, 2.05) is 26.1 Å². The number of hydrogen-bond donors (Lipinski definition) is 3. The number of phenols is 1. The number of aromatic hydroxyl groups is 1. The lowest BCUT2D eigenvalue weighted by atomic mass is 10.1. The predicted molar refractivity (Wildman–Crippen MR) is 73.0 cm³/mol. The normalized spacial score (nSPS) is 16.6. The first-order valence-corrected chi connectivity index (χ1v) is 6.55. The zero-order valence-corrected chi connectivity index (χ0v) is 11.1. The molecule has 1 aromatic carbocycles. The van der Waals surface area contributed by atoms with Gasteiger partial charge in [-0.1, -0.05) is 6.07 Å². The van der Waals surface area contributed by atoms with E-state index in [0.29, 0.717) is 18.3 Å². The standard InChI is InChI=1S/C14H22N2O2/c1-10(15-2)13-6-5-12(9-14(13)18)16(7-8-17)11-3-4-11/h5-6,9-11,15,17-18H,3-4,7-8H2,1-2H3. The van der Waals surface area contributed by atoms with Crippen molar-refractivity contribution in [1.29, 1.82) is 0 Å². The van der Waals surface area contributed by atoms with Crippen LogP contribution in [-0.2, 0) is 0 Å². The molecule has 0 aliphatic heterocycles. The number of benzene rings is 1. The second-order valence-corrected chi connectivity index (χ2v) is 4.90. The molecule has 1 aliphatic rings. The van der Waals surface area contributed by atoms with Gasteiger partial charge >= 0.3 is 0 Å². The van der Waals surface area contributed by atoms with E-state index in [0.717, 1.165) is 11.3 Å². The molecule has 2 rings (SSSR count). The van der Waals surface area contributed by atoms with Crippen LogP contribution >= 0.6 is 0 Å². The van der Waals surface area contributed by atoms with Gasteiger partial charge in [0.15, 0.2) is 0 Å². The minimum Gasteiger partial charge on any atom is -0.508 e. The molecule has 0 amide bonds. The lowest BCUT2D eigenvalue weighted by Gasteiger charge is -2.25. The van der Waals surface area contributed by atoms with Crippen LogP contribution < -0.4 is 10.2 Å². The Morgan fingerprint density at radius 3 is 2.67 bits per heavy atom. The van der Waals surface area contributed by atoms with Crippen LogP contribution in [0.2, 0.25) is 0 Å². The minimum atomic E-state index is 0.131. The van der Waals surface area contributed by atoms with Gasteiger partial charge in [-0.25, -0.2) is 0 Å². The van der Waals surface area contributed by atoms with E-state index in [4.69, 9.17) is 5.11 Å². The molecule has 18 heavy (non-hydrogen) atoms. The van der Waals surface area contributed by atoms with Crippen molar-refractivity contribution < 1.29 is 10.2 Å². The summed E-state index contributed by atoms with van der Waals surface area (Å²) in [7, 11) is 1.88. The van der Waals surface area contributed by atoms with Crippen LogP contribution in [0.15, 0.2) is 18.2 Å². The molecule has 1 atom stereocenters. The second kappa shape index (κ2) is 5.59. The van der Waals surface area contributed by atoms with Gasteiger partial charge in [-0.2, -0.15) is 0 Å². The fourth-order valence-corrected chi connectivity index (χ4v) is 2.25. The maximum atomic E-state index is 10.1. The van der Waals surface area contributed by atoms with Crippen molar-refractivity contribution >= 4 is 5.69 Å². The average Bonchev–Trinajstić information content (AvgIpc) is 3.19. The number of phenolic OH excluding ortho intramolecular Hbond substituents is 1. The highest BCUT2D eigenvalue weighted by atomic mass is 16.3. The van der Waals surface area contributed by atoms with Crippen molar-refractivity contribution in [2.24, 2.45) is 0 Å². The van der Waals surface area contributed by atoms with Crippen molar-refractivity contribution in [3.05, 3.63) is 23.8 Å². The quantitative estimate of drug-likeness (QED) is 0.718. The molecule has 1 fully saturated rings. The minimum absolute atomic E-state index is 0.131. The van der Waals surface area contributed by atoms with Crippen LogP contribution in [0.1, 0.15) is 31.4 Å². The topological polar surface area (TPSA) is 55.7 Å². The number of aliphatic hydroxyl groups excluding tert-OH is 1. The third-order valence-corrected chi connectivity index (χ3v) is 3.57. The van der Waals surface area contributed by atoms with Crippen LogP contribution in [0.3, 0.4) is 0 Å². The average molecular weight is 250 g/mol. The lowest BCUT2D eigenvalue weighted by Crippen LogP contribution is -2.28. The summed E-state index contributed by atoms with van der Waals surface area (Å²) in [5.74, 6) is 0.318. The van der Waals surface area contributed by atoms with Gasteiger partial charge in [0.2, 0.25) is 0 Å². The van der Waals surface area contributed by atoms with Crippen LogP contribution in [0.5, 0.6) is 5.75 Å². The van der Waals surface area contributed by atoms with E-state index in [2.05, 4.69) is 10.2 Å². The summed E-state index contributed by atoms with van der Waals surface area (Å²) in [5, 5.41) is 22.3. The molecule has 4 nitrogen and oxygen atoms in total. The highest BCUT2D eigenvalue weighted by Crippen LogP contribution is 2.35. The molecule has 1 saturated carbocycles. The number of rotatable bonds is 6. The summed E-state index contributed by atoms with van der Waals surface area (Å²) in [6.07, 6.45) is 2.35. The van der Waals surface area contributed by atoms with Crippen molar-refractivity contribution in [3.8, 4) is 5.75 Å². The van der Waals surface area contributed by atoms with Gasteiger partial charge in [-0.05, 0) is 32.9 Å². The van der Waals surface area contributed by atoms with Crippen LogP contribution in [0.4, 0.5) is 5.69 Å². The summed E-state index contributed by atoms with van der Waals surface area (Å²) in [4.78, 5) is 2.17. The van der Waals surface area contributed by atoms with Gasteiger partial charge in [0.1, 0.15) is 5.75 Å². The number of aliphatic hydroxyl groups is 1. The first-order chi connectivity index (χ1) is 8.67. The number of anilines is 1. The van der Waals surface area contributed by atoms with Gasteiger partial charge in [0.25, 0.3) is 0 Å². The number of nitrogens with one attached hydrogen (secondary N) is 1. The molecule has 0 radical (unpaired) electrons. The molecule has 4 heteroatoms. The van der Waals surface area contributed by atoms with Gasteiger partial charge in [-0.15, -0.1) is 0 Å². The van der Waals surface area contributed by atoms with E-state index in [1.165, 1.54) is 12.8 Å². The van der Waals surface area contributed by atoms with Gasteiger partial charge in [-0.3, -0.25) is 0 Å². The smallest absolute Gasteiger partial charge is 0.122 e. The zero-order valence-electron chi connectivity index (χ0n) is 11.1. The van der Waals surface area contributed by atoms with Gasteiger partial charge in [0.05, 0.1) is 6.61 Å². The van der Waals surface area contributed by atoms with E-state index >= 15 is 0 Å². The van der Waals surface area contributed by atoms with Crippen molar-refractivity contribution in [2.75, 3.05) is 25.1 Å². The Balaban J connectivity index is 2.21. The Morgan fingerprint density at radius 1 is 1.44 bits per heavy atom. The van der Waals surface area contributed by atoms with E-state index in [-0.39, 0.29) is 12.6 Å². The molecule has 0 aromatic heterocycles. The molecule has 3 N–H and O–H groups in total. The first-order valence-electron chi connectivity index (χ1n) is 6.55. The molecule has 1 unspecified atom stereocenters. The molecule has 0 bridgehead atoms. The molecule has 0 heterocycles. The Labute approximate surface area is 108 Å². The van der Waals surface area contributed by atoms with E-state index < -0.39 is 0 Å². The Bertz CT molecular complexity index is 405. The first kappa shape index (κ1) is 13.2. The Morgan fingerprint density at radius 2 is 2.17 bits per heavy atom. The van der Waals surface area contributed by atoms with Crippen LogP contribution in [0.25, 0.3) is 0 Å². The van der Waals surface area contributed by atoms with Crippen LogP contribution in [0, 0.1) is 0 Å². The number of hydrogen-bond acceptors (Lipinski definition) is 4.